The maximum absolute atomic E-state index is 2.63. The summed E-state index contributed by atoms with van der Waals surface area (Å²) < 4.78 is 0. The van der Waals surface area contributed by atoms with E-state index in [1.807, 2.05) is 0 Å². The minimum absolute atomic E-state index is 0.532. The fourth-order valence-corrected chi connectivity index (χ4v) is 5.98. The third-order valence-corrected chi connectivity index (χ3v) is 7.59. The van der Waals surface area contributed by atoms with Gasteiger partial charge in [-0.2, -0.15) is 0 Å². The van der Waals surface area contributed by atoms with Gasteiger partial charge in [0.25, 0.3) is 0 Å². The molecule has 0 N–H and O–H groups in total. The number of rotatable bonds is 10. The fraction of sp³-hybridized carbons (Fsp3) is 1.00. The first-order valence-corrected chi connectivity index (χ1v) is 9.81. The van der Waals surface area contributed by atoms with Crippen molar-refractivity contribution in [1.82, 2.24) is 0 Å². The molecule has 0 saturated carbocycles. The second-order valence-electron chi connectivity index (χ2n) is 5.20. The molecule has 0 aliphatic rings. The largest absolute Gasteiger partial charge is 0.0654 e. The molecule has 0 amide bonds. The van der Waals surface area contributed by atoms with Gasteiger partial charge in [-0.1, -0.05) is 46.5 Å². The standard InChI is InChI=1S/C14H32P/c1-5-8-11-14-15(4,12-9-6-2)13-10-7-3/h5-14H2,1-4H3/q+1. The Morgan fingerprint density at radius 2 is 1.00 bits per heavy atom. The maximum Gasteiger partial charge on any atom is 0.0591 e. The molecule has 1 heteroatoms. The Balaban J connectivity index is 3.89. The molecule has 0 radical (unpaired) electrons. The van der Waals surface area contributed by atoms with E-state index in [0.29, 0.717) is 0 Å². The molecule has 0 aliphatic heterocycles. The molecule has 0 aromatic heterocycles. The van der Waals surface area contributed by atoms with Gasteiger partial charge in [0.15, 0.2) is 0 Å². The lowest BCUT2D eigenvalue weighted by molar-refractivity contribution is 0.767. The van der Waals surface area contributed by atoms with Crippen molar-refractivity contribution < 1.29 is 0 Å². The Kier molecular flexibility index (Phi) is 9.92. The Bertz CT molecular complexity index is 123. The van der Waals surface area contributed by atoms with Gasteiger partial charge in [0, 0.05) is 13.9 Å². The smallest absolute Gasteiger partial charge is 0.0591 e. The topological polar surface area (TPSA) is 0 Å². The summed E-state index contributed by atoms with van der Waals surface area (Å²) in [6.07, 6.45) is 14.7. The van der Waals surface area contributed by atoms with Crippen molar-refractivity contribution in [2.45, 2.75) is 65.7 Å². The van der Waals surface area contributed by atoms with E-state index in [1.54, 1.807) is 18.5 Å². The lowest BCUT2D eigenvalue weighted by atomic mass is 10.3. The normalized spacial score (nSPS) is 12.0. The first kappa shape index (κ1) is 15.4. The van der Waals surface area contributed by atoms with Gasteiger partial charge in [0.05, 0.1) is 18.5 Å². The molecule has 0 unspecified atom stereocenters. The minimum Gasteiger partial charge on any atom is -0.0654 e. The zero-order valence-electron chi connectivity index (χ0n) is 11.5. The van der Waals surface area contributed by atoms with Crippen LogP contribution in [0.3, 0.4) is 0 Å². The monoisotopic (exact) mass is 231 g/mol. The summed E-state index contributed by atoms with van der Waals surface area (Å²) in [6, 6.07) is 0. The van der Waals surface area contributed by atoms with Crippen LogP contribution in [-0.4, -0.2) is 25.2 Å². The van der Waals surface area contributed by atoms with Crippen LogP contribution in [0.5, 0.6) is 0 Å². The van der Waals surface area contributed by atoms with Crippen LogP contribution in [0.15, 0.2) is 0 Å². The first-order chi connectivity index (χ1) is 7.18. The van der Waals surface area contributed by atoms with Gasteiger partial charge in [-0.3, -0.25) is 0 Å². The van der Waals surface area contributed by atoms with Crippen molar-refractivity contribution in [2.75, 3.05) is 25.2 Å². The number of unbranched alkanes of at least 4 members (excludes halogenated alkanes) is 4. The molecule has 0 heterocycles. The highest BCUT2D eigenvalue weighted by Crippen LogP contribution is 2.57. The summed E-state index contributed by atoms with van der Waals surface area (Å²) in [6.45, 7) is 9.61. The van der Waals surface area contributed by atoms with Crippen molar-refractivity contribution in [3.8, 4) is 0 Å². The summed E-state index contributed by atoms with van der Waals surface area (Å²) in [7, 11) is -0.532. The molecule has 0 nitrogen and oxygen atoms in total. The van der Waals surface area contributed by atoms with E-state index in [4.69, 9.17) is 0 Å². The van der Waals surface area contributed by atoms with Crippen molar-refractivity contribution in [3.63, 3.8) is 0 Å². The van der Waals surface area contributed by atoms with Gasteiger partial charge in [-0.15, -0.1) is 0 Å². The van der Waals surface area contributed by atoms with Crippen molar-refractivity contribution >= 4 is 7.26 Å². The Hall–Kier alpha value is 0.430. The molecule has 0 aliphatic carbocycles. The van der Waals surface area contributed by atoms with Crippen LogP contribution in [0.2, 0.25) is 0 Å². The van der Waals surface area contributed by atoms with E-state index >= 15 is 0 Å². The van der Waals surface area contributed by atoms with Gasteiger partial charge in [0.1, 0.15) is 0 Å². The molecule has 92 valence electrons. The second kappa shape index (κ2) is 9.64. The van der Waals surface area contributed by atoms with E-state index < -0.39 is 7.26 Å². The average molecular weight is 231 g/mol. The zero-order valence-corrected chi connectivity index (χ0v) is 12.4. The van der Waals surface area contributed by atoms with Crippen LogP contribution >= 0.6 is 7.26 Å². The first-order valence-electron chi connectivity index (χ1n) is 7.02. The summed E-state index contributed by atoms with van der Waals surface area (Å²) >= 11 is 0. The van der Waals surface area contributed by atoms with Gasteiger partial charge < -0.3 is 0 Å². The molecular weight excluding hydrogens is 199 g/mol. The molecule has 0 fully saturated rings. The second-order valence-corrected chi connectivity index (χ2v) is 9.79. The van der Waals surface area contributed by atoms with E-state index in [0.717, 1.165) is 0 Å². The Morgan fingerprint density at radius 3 is 1.40 bits per heavy atom. The SMILES string of the molecule is CCCCC[P+](C)(CCCC)CCCC. The average Bonchev–Trinajstić information content (AvgIpc) is 2.24. The van der Waals surface area contributed by atoms with Crippen LogP contribution in [0.1, 0.15) is 65.7 Å². The number of hydrogen-bond acceptors (Lipinski definition) is 0. The molecule has 0 aromatic carbocycles. The van der Waals surface area contributed by atoms with E-state index in [2.05, 4.69) is 27.4 Å². The molecule has 0 spiro atoms. The van der Waals surface area contributed by atoms with Crippen LogP contribution in [0, 0.1) is 0 Å². The quantitative estimate of drug-likeness (QED) is 0.347. The molecule has 0 saturated heterocycles. The third kappa shape index (κ3) is 8.26. The van der Waals surface area contributed by atoms with E-state index in [9.17, 15) is 0 Å². The van der Waals surface area contributed by atoms with Crippen LogP contribution in [-0.2, 0) is 0 Å². The molecule has 0 bridgehead atoms. The van der Waals surface area contributed by atoms with Crippen LogP contribution < -0.4 is 0 Å². The van der Waals surface area contributed by atoms with E-state index in [-0.39, 0.29) is 0 Å². The van der Waals surface area contributed by atoms with Gasteiger partial charge in [-0.25, -0.2) is 0 Å². The molecule has 15 heavy (non-hydrogen) atoms. The Labute approximate surface area is 98.6 Å². The van der Waals surface area contributed by atoms with Crippen molar-refractivity contribution in [3.05, 3.63) is 0 Å². The fourth-order valence-electron chi connectivity index (χ4n) is 2.16. The van der Waals surface area contributed by atoms with E-state index in [1.165, 1.54) is 44.9 Å². The number of hydrogen-bond donors (Lipinski definition) is 0. The highest BCUT2D eigenvalue weighted by Gasteiger charge is 2.28. The third-order valence-electron chi connectivity index (χ3n) is 3.40. The molecule has 0 aromatic rings. The van der Waals surface area contributed by atoms with Gasteiger partial charge in [0.2, 0.25) is 0 Å². The predicted octanol–water partition coefficient (Wildman–Crippen LogP) is 5.42. The molecule has 0 rings (SSSR count). The summed E-state index contributed by atoms with van der Waals surface area (Å²) in [5.74, 6) is 0. The van der Waals surface area contributed by atoms with Crippen molar-refractivity contribution in [1.29, 1.82) is 0 Å². The van der Waals surface area contributed by atoms with Gasteiger partial charge >= 0.3 is 0 Å². The summed E-state index contributed by atoms with van der Waals surface area (Å²) in [5.41, 5.74) is 0. The highest BCUT2D eigenvalue weighted by atomic mass is 31.2. The lowest BCUT2D eigenvalue weighted by Gasteiger charge is -2.23. The van der Waals surface area contributed by atoms with Gasteiger partial charge in [-0.05, 0) is 19.3 Å². The Morgan fingerprint density at radius 1 is 0.600 bits per heavy atom. The van der Waals surface area contributed by atoms with Crippen molar-refractivity contribution in [2.24, 2.45) is 0 Å². The molecule has 0 atom stereocenters. The lowest BCUT2D eigenvalue weighted by Crippen LogP contribution is -2.07. The zero-order chi connectivity index (χ0) is 11.6. The summed E-state index contributed by atoms with van der Waals surface area (Å²) in [5, 5.41) is 0. The minimum atomic E-state index is -0.532. The van der Waals surface area contributed by atoms with Crippen LogP contribution in [0.4, 0.5) is 0 Å². The maximum atomic E-state index is 2.63. The predicted molar refractivity (Wildman–Crippen MR) is 76.8 cm³/mol. The molecular formula is C14H32P+. The highest BCUT2D eigenvalue weighted by molar-refractivity contribution is 7.75. The summed E-state index contributed by atoms with van der Waals surface area (Å²) in [4.78, 5) is 0. The van der Waals surface area contributed by atoms with Crippen LogP contribution in [0.25, 0.3) is 0 Å².